The third-order valence-corrected chi connectivity index (χ3v) is 3.03. The van der Waals surface area contributed by atoms with Crippen LogP contribution in [-0.2, 0) is 0 Å². The van der Waals surface area contributed by atoms with E-state index in [1.165, 1.54) is 19.4 Å². The lowest BCUT2D eigenvalue weighted by Crippen LogP contribution is -2.45. The minimum absolute atomic E-state index is 0.693. The number of piperidine rings is 1. The van der Waals surface area contributed by atoms with E-state index in [9.17, 15) is 0 Å². The Balaban J connectivity index is 2.42. The molecule has 0 saturated carbocycles. The van der Waals surface area contributed by atoms with Gasteiger partial charge in [-0.05, 0) is 52.6 Å². The van der Waals surface area contributed by atoms with Crippen molar-refractivity contribution in [2.24, 2.45) is 11.7 Å². The molecule has 2 heteroatoms. The van der Waals surface area contributed by atoms with E-state index in [-0.39, 0.29) is 0 Å². The quantitative estimate of drug-likeness (QED) is 0.679. The first-order valence-electron chi connectivity index (χ1n) is 5.11. The maximum Gasteiger partial charge on any atom is 0.00727 e. The Kier molecular flexibility index (Phi) is 3.53. The first kappa shape index (κ1) is 10.0. The van der Waals surface area contributed by atoms with Crippen molar-refractivity contribution in [1.82, 2.24) is 4.90 Å². The molecule has 1 heterocycles. The van der Waals surface area contributed by atoms with Gasteiger partial charge in [-0.1, -0.05) is 0 Å². The van der Waals surface area contributed by atoms with Gasteiger partial charge in [-0.3, -0.25) is 4.90 Å². The Bertz CT molecular complexity index is 134. The number of hydrogen-bond acceptors (Lipinski definition) is 2. The fourth-order valence-electron chi connectivity index (χ4n) is 2.27. The van der Waals surface area contributed by atoms with Gasteiger partial charge in [0.2, 0.25) is 0 Å². The molecule has 1 saturated heterocycles. The van der Waals surface area contributed by atoms with Crippen LogP contribution in [0.3, 0.4) is 0 Å². The molecule has 0 bridgehead atoms. The number of nitrogens with zero attached hydrogens (tertiary/aromatic N) is 1. The maximum absolute atomic E-state index is 5.67. The molecule has 2 nitrogen and oxygen atoms in total. The molecule has 1 aliphatic heterocycles. The lowest BCUT2D eigenvalue weighted by atomic mass is 9.91. The number of nitrogens with two attached hydrogens (primary N) is 1. The molecule has 0 amide bonds. The molecule has 1 rings (SSSR count). The van der Waals surface area contributed by atoms with Crippen molar-refractivity contribution >= 4 is 0 Å². The smallest absolute Gasteiger partial charge is 0.00727 e. The molecule has 0 aliphatic carbocycles. The monoisotopic (exact) mass is 170 g/mol. The van der Waals surface area contributed by atoms with Crippen LogP contribution >= 0.6 is 0 Å². The second kappa shape index (κ2) is 4.24. The molecule has 0 aromatic carbocycles. The lowest BCUT2D eigenvalue weighted by molar-refractivity contribution is 0.0944. The van der Waals surface area contributed by atoms with Crippen molar-refractivity contribution in [3.05, 3.63) is 0 Å². The van der Waals surface area contributed by atoms with E-state index >= 15 is 0 Å². The van der Waals surface area contributed by atoms with Gasteiger partial charge in [0, 0.05) is 12.1 Å². The van der Waals surface area contributed by atoms with Crippen molar-refractivity contribution in [1.29, 1.82) is 0 Å². The highest BCUT2D eigenvalue weighted by atomic mass is 15.2. The standard InChI is InChI=1S/C10H22N2/c1-8(2)12-5-4-10(7-11)6-9(12)3/h8-10H,4-7,11H2,1-3H3/t9-,10+/m1/s1. The van der Waals surface area contributed by atoms with Crippen LogP contribution in [0, 0.1) is 5.92 Å². The van der Waals surface area contributed by atoms with Crippen LogP contribution in [0.1, 0.15) is 33.6 Å². The third-order valence-electron chi connectivity index (χ3n) is 3.03. The maximum atomic E-state index is 5.67. The molecule has 2 atom stereocenters. The predicted molar refractivity (Wildman–Crippen MR) is 53.1 cm³/mol. The molecular formula is C10H22N2. The summed E-state index contributed by atoms with van der Waals surface area (Å²) in [6.45, 7) is 8.98. The molecule has 72 valence electrons. The van der Waals surface area contributed by atoms with Crippen LogP contribution in [-0.4, -0.2) is 30.1 Å². The van der Waals surface area contributed by atoms with Crippen LogP contribution < -0.4 is 5.73 Å². The average Bonchev–Trinajstić information content (AvgIpc) is 2.03. The van der Waals surface area contributed by atoms with Crippen LogP contribution in [0.5, 0.6) is 0 Å². The zero-order chi connectivity index (χ0) is 9.14. The summed E-state index contributed by atoms with van der Waals surface area (Å²) in [6.07, 6.45) is 2.58. The second-order valence-corrected chi connectivity index (χ2v) is 4.31. The SMILES string of the molecule is CC(C)N1CC[C@H](CN)C[C@H]1C. The summed E-state index contributed by atoms with van der Waals surface area (Å²) in [7, 11) is 0. The van der Waals surface area contributed by atoms with Gasteiger partial charge in [-0.2, -0.15) is 0 Å². The highest BCUT2D eigenvalue weighted by Crippen LogP contribution is 2.23. The second-order valence-electron chi connectivity index (χ2n) is 4.31. The molecular weight excluding hydrogens is 148 g/mol. The largest absolute Gasteiger partial charge is 0.330 e. The number of likely N-dealkylation sites (tertiary alicyclic amines) is 1. The van der Waals surface area contributed by atoms with E-state index in [2.05, 4.69) is 25.7 Å². The Labute approximate surface area is 76.1 Å². The van der Waals surface area contributed by atoms with Crippen molar-refractivity contribution in [3.63, 3.8) is 0 Å². The van der Waals surface area contributed by atoms with Gasteiger partial charge in [0.25, 0.3) is 0 Å². The van der Waals surface area contributed by atoms with Crippen LogP contribution in [0.4, 0.5) is 0 Å². The Morgan fingerprint density at radius 3 is 2.58 bits per heavy atom. The summed E-state index contributed by atoms with van der Waals surface area (Å²) in [6, 6.07) is 1.42. The molecule has 0 aromatic rings. The van der Waals surface area contributed by atoms with E-state index in [0.717, 1.165) is 18.5 Å². The zero-order valence-electron chi connectivity index (χ0n) is 8.59. The van der Waals surface area contributed by atoms with Gasteiger partial charge in [-0.25, -0.2) is 0 Å². The van der Waals surface area contributed by atoms with Crippen molar-refractivity contribution < 1.29 is 0 Å². The number of rotatable bonds is 2. The summed E-state index contributed by atoms with van der Waals surface area (Å²) in [5, 5.41) is 0. The molecule has 2 N–H and O–H groups in total. The predicted octanol–water partition coefficient (Wildman–Crippen LogP) is 1.45. The van der Waals surface area contributed by atoms with Crippen LogP contribution in [0.2, 0.25) is 0 Å². The minimum Gasteiger partial charge on any atom is -0.330 e. The van der Waals surface area contributed by atoms with Crippen molar-refractivity contribution in [3.8, 4) is 0 Å². The molecule has 12 heavy (non-hydrogen) atoms. The van der Waals surface area contributed by atoms with Crippen molar-refractivity contribution in [2.45, 2.75) is 45.7 Å². The third kappa shape index (κ3) is 2.20. The molecule has 1 fully saturated rings. The normalized spacial score (nSPS) is 32.8. The van der Waals surface area contributed by atoms with Gasteiger partial charge in [0.05, 0.1) is 0 Å². The molecule has 0 spiro atoms. The Hall–Kier alpha value is -0.0800. The molecule has 0 aromatic heterocycles. The van der Waals surface area contributed by atoms with E-state index in [4.69, 9.17) is 5.73 Å². The minimum atomic E-state index is 0.693. The summed E-state index contributed by atoms with van der Waals surface area (Å²) >= 11 is 0. The summed E-state index contributed by atoms with van der Waals surface area (Å²) in [4.78, 5) is 2.58. The van der Waals surface area contributed by atoms with Gasteiger partial charge < -0.3 is 5.73 Å². The van der Waals surface area contributed by atoms with Gasteiger partial charge in [0.1, 0.15) is 0 Å². The summed E-state index contributed by atoms with van der Waals surface area (Å²) < 4.78 is 0. The lowest BCUT2D eigenvalue weighted by Gasteiger charge is -2.39. The van der Waals surface area contributed by atoms with E-state index < -0.39 is 0 Å². The molecule has 0 radical (unpaired) electrons. The fourth-order valence-corrected chi connectivity index (χ4v) is 2.27. The van der Waals surface area contributed by atoms with E-state index in [1.807, 2.05) is 0 Å². The fraction of sp³-hybridized carbons (Fsp3) is 1.00. The molecule has 1 aliphatic rings. The van der Waals surface area contributed by atoms with Gasteiger partial charge in [-0.15, -0.1) is 0 Å². The Morgan fingerprint density at radius 1 is 1.50 bits per heavy atom. The average molecular weight is 170 g/mol. The van der Waals surface area contributed by atoms with Crippen molar-refractivity contribution in [2.75, 3.05) is 13.1 Å². The first-order valence-corrected chi connectivity index (χ1v) is 5.11. The zero-order valence-corrected chi connectivity index (χ0v) is 8.59. The van der Waals surface area contributed by atoms with Crippen LogP contribution in [0.15, 0.2) is 0 Å². The van der Waals surface area contributed by atoms with E-state index in [0.29, 0.717) is 6.04 Å². The highest BCUT2D eigenvalue weighted by molar-refractivity contribution is 4.80. The highest BCUT2D eigenvalue weighted by Gasteiger charge is 2.25. The molecule has 0 unspecified atom stereocenters. The Morgan fingerprint density at radius 2 is 2.17 bits per heavy atom. The van der Waals surface area contributed by atoms with Gasteiger partial charge in [0.15, 0.2) is 0 Å². The van der Waals surface area contributed by atoms with Gasteiger partial charge >= 0.3 is 0 Å². The van der Waals surface area contributed by atoms with Crippen LogP contribution in [0.25, 0.3) is 0 Å². The topological polar surface area (TPSA) is 29.3 Å². The summed E-state index contributed by atoms with van der Waals surface area (Å²) in [5.74, 6) is 0.773. The van der Waals surface area contributed by atoms with E-state index in [1.54, 1.807) is 0 Å². The first-order chi connectivity index (χ1) is 5.65. The number of hydrogen-bond donors (Lipinski definition) is 1. The summed E-state index contributed by atoms with van der Waals surface area (Å²) in [5.41, 5.74) is 5.67.